The van der Waals surface area contributed by atoms with Crippen molar-refractivity contribution in [3.63, 3.8) is 0 Å². The molecule has 0 unspecified atom stereocenters. The van der Waals surface area contributed by atoms with Crippen LogP contribution in [0, 0.1) is 5.82 Å². The van der Waals surface area contributed by atoms with Gasteiger partial charge in [0, 0.05) is 5.56 Å². The minimum atomic E-state index is -0.269. The molecule has 15 heavy (non-hydrogen) atoms. The molecule has 0 saturated heterocycles. The van der Waals surface area contributed by atoms with Crippen molar-refractivity contribution in [3.8, 4) is 17.1 Å². The van der Waals surface area contributed by atoms with Crippen LogP contribution in [-0.4, -0.2) is 17.1 Å². The summed E-state index contributed by atoms with van der Waals surface area (Å²) >= 11 is 0. The van der Waals surface area contributed by atoms with Gasteiger partial charge >= 0.3 is 0 Å². The van der Waals surface area contributed by atoms with Crippen LogP contribution in [0.3, 0.4) is 0 Å². The van der Waals surface area contributed by atoms with Gasteiger partial charge in [-0.2, -0.15) is 0 Å². The van der Waals surface area contributed by atoms with Gasteiger partial charge in [-0.1, -0.05) is 0 Å². The molecule has 3 nitrogen and oxygen atoms in total. The van der Waals surface area contributed by atoms with E-state index in [0.29, 0.717) is 11.6 Å². The molecule has 4 heteroatoms. The van der Waals surface area contributed by atoms with Crippen molar-refractivity contribution in [2.24, 2.45) is 0 Å². The molecule has 0 spiro atoms. The van der Waals surface area contributed by atoms with E-state index in [2.05, 4.69) is 9.97 Å². The Kier molecular flexibility index (Phi) is 2.58. The number of aromatic nitrogens is 2. The van der Waals surface area contributed by atoms with Crippen molar-refractivity contribution in [1.29, 1.82) is 0 Å². The Hall–Kier alpha value is -1.97. The van der Waals surface area contributed by atoms with Crippen LogP contribution in [0.1, 0.15) is 0 Å². The van der Waals surface area contributed by atoms with Crippen molar-refractivity contribution >= 4 is 0 Å². The van der Waals surface area contributed by atoms with Crippen LogP contribution >= 0.6 is 0 Å². The van der Waals surface area contributed by atoms with Gasteiger partial charge in [0.15, 0.2) is 0 Å². The second kappa shape index (κ2) is 4.04. The molecule has 1 aromatic carbocycles. The third-order valence-electron chi connectivity index (χ3n) is 1.96. The summed E-state index contributed by atoms with van der Waals surface area (Å²) in [6, 6.07) is 6.07. The van der Waals surface area contributed by atoms with E-state index in [4.69, 9.17) is 4.74 Å². The average molecular weight is 204 g/mol. The second-order valence-electron chi connectivity index (χ2n) is 2.95. The van der Waals surface area contributed by atoms with E-state index < -0.39 is 0 Å². The summed E-state index contributed by atoms with van der Waals surface area (Å²) in [7, 11) is 1.53. The first kappa shape index (κ1) is 9.58. The Labute approximate surface area is 86.6 Å². The molecule has 0 fully saturated rings. The lowest BCUT2D eigenvalue weighted by atomic mass is 10.2. The second-order valence-corrected chi connectivity index (χ2v) is 2.95. The average Bonchev–Trinajstić information content (AvgIpc) is 2.30. The largest absolute Gasteiger partial charge is 0.480 e. The summed E-state index contributed by atoms with van der Waals surface area (Å²) in [5.41, 5.74) is 1.47. The first-order valence-corrected chi connectivity index (χ1v) is 4.41. The Bertz CT molecular complexity index is 456. The molecule has 0 bridgehead atoms. The number of nitrogens with zero attached hydrogens (tertiary/aromatic N) is 2. The first-order chi connectivity index (χ1) is 7.29. The topological polar surface area (TPSA) is 35.0 Å². The van der Waals surface area contributed by atoms with Crippen molar-refractivity contribution < 1.29 is 9.13 Å². The van der Waals surface area contributed by atoms with Gasteiger partial charge in [-0.25, -0.2) is 9.37 Å². The molecule has 0 atom stereocenters. The van der Waals surface area contributed by atoms with Crippen molar-refractivity contribution in [2.75, 3.05) is 7.11 Å². The Morgan fingerprint density at radius 3 is 2.53 bits per heavy atom. The highest BCUT2D eigenvalue weighted by atomic mass is 19.1. The normalized spacial score (nSPS) is 10.0. The van der Waals surface area contributed by atoms with Gasteiger partial charge in [-0.3, -0.25) is 4.98 Å². The SMILES string of the molecule is COc1cncc(-c2ccc(F)cc2)n1. The number of halogens is 1. The predicted octanol–water partition coefficient (Wildman–Crippen LogP) is 2.29. The number of benzene rings is 1. The first-order valence-electron chi connectivity index (χ1n) is 4.41. The standard InChI is InChI=1S/C11H9FN2O/c1-15-11-7-13-6-10(14-11)8-2-4-9(12)5-3-8/h2-7H,1H3. The van der Waals surface area contributed by atoms with Crippen LogP contribution in [0.4, 0.5) is 4.39 Å². The van der Waals surface area contributed by atoms with E-state index in [9.17, 15) is 4.39 Å². The molecule has 0 aliphatic heterocycles. The fraction of sp³-hybridized carbons (Fsp3) is 0.0909. The van der Waals surface area contributed by atoms with Gasteiger partial charge in [0.05, 0.1) is 25.2 Å². The molecule has 0 amide bonds. The molecule has 76 valence electrons. The monoisotopic (exact) mass is 204 g/mol. The number of methoxy groups -OCH3 is 1. The molecular weight excluding hydrogens is 195 g/mol. The van der Waals surface area contributed by atoms with Crippen LogP contribution in [0.2, 0.25) is 0 Å². The van der Waals surface area contributed by atoms with Gasteiger partial charge in [0.25, 0.3) is 0 Å². The van der Waals surface area contributed by atoms with E-state index in [1.807, 2.05) is 0 Å². The fourth-order valence-corrected chi connectivity index (χ4v) is 1.21. The lowest BCUT2D eigenvalue weighted by Crippen LogP contribution is -1.91. The van der Waals surface area contributed by atoms with Crippen molar-refractivity contribution in [2.45, 2.75) is 0 Å². The molecular formula is C11H9FN2O. The van der Waals surface area contributed by atoms with Gasteiger partial charge < -0.3 is 4.74 Å². The van der Waals surface area contributed by atoms with E-state index in [-0.39, 0.29) is 5.82 Å². The maximum Gasteiger partial charge on any atom is 0.232 e. The van der Waals surface area contributed by atoms with Crippen LogP contribution < -0.4 is 4.74 Å². The van der Waals surface area contributed by atoms with Gasteiger partial charge in [-0.15, -0.1) is 0 Å². The maximum atomic E-state index is 12.7. The van der Waals surface area contributed by atoms with E-state index in [1.165, 1.54) is 25.4 Å². The predicted molar refractivity (Wildman–Crippen MR) is 54.0 cm³/mol. The number of hydrogen-bond acceptors (Lipinski definition) is 3. The minimum Gasteiger partial charge on any atom is -0.480 e. The summed E-state index contributed by atoms with van der Waals surface area (Å²) < 4.78 is 17.6. The van der Waals surface area contributed by atoms with Gasteiger partial charge in [-0.05, 0) is 24.3 Å². The summed E-state index contributed by atoms with van der Waals surface area (Å²) in [6.07, 6.45) is 3.13. The Morgan fingerprint density at radius 1 is 1.13 bits per heavy atom. The lowest BCUT2D eigenvalue weighted by Gasteiger charge is -2.02. The summed E-state index contributed by atoms with van der Waals surface area (Å²) in [5.74, 6) is 0.173. The number of rotatable bonds is 2. The zero-order valence-corrected chi connectivity index (χ0v) is 8.14. The zero-order valence-electron chi connectivity index (χ0n) is 8.14. The molecule has 2 aromatic rings. The molecule has 0 N–H and O–H groups in total. The number of hydrogen-bond donors (Lipinski definition) is 0. The highest BCUT2D eigenvalue weighted by molar-refractivity contribution is 5.58. The molecule has 0 aliphatic carbocycles. The van der Waals surface area contributed by atoms with E-state index in [1.54, 1.807) is 18.3 Å². The maximum absolute atomic E-state index is 12.7. The molecule has 1 heterocycles. The third-order valence-corrected chi connectivity index (χ3v) is 1.96. The van der Waals surface area contributed by atoms with Crippen LogP contribution in [0.25, 0.3) is 11.3 Å². The fourth-order valence-electron chi connectivity index (χ4n) is 1.21. The molecule has 1 aromatic heterocycles. The third kappa shape index (κ3) is 2.10. The van der Waals surface area contributed by atoms with Crippen LogP contribution in [0.15, 0.2) is 36.7 Å². The quantitative estimate of drug-likeness (QED) is 0.752. The highest BCUT2D eigenvalue weighted by Crippen LogP contribution is 2.18. The smallest absolute Gasteiger partial charge is 0.232 e. The molecule has 0 radical (unpaired) electrons. The van der Waals surface area contributed by atoms with Crippen molar-refractivity contribution in [3.05, 3.63) is 42.5 Å². The van der Waals surface area contributed by atoms with Gasteiger partial charge in [0.1, 0.15) is 5.82 Å². The summed E-state index contributed by atoms with van der Waals surface area (Å²) in [4.78, 5) is 8.16. The van der Waals surface area contributed by atoms with Crippen LogP contribution in [0.5, 0.6) is 5.88 Å². The zero-order chi connectivity index (χ0) is 10.7. The van der Waals surface area contributed by atoms with Gasteiger partial charge in [0.2, 0.25) is 5.88 Å². The van der Waals surface area contributed by atoms with E-state index in [0.717, 1.165) is 5.56 Å². The van der Waals surface area contributed by atoms with E-state index >= 15 is 0 Å². The Balaban J connectivity index is 2.40. The molecule has 2 rings (SSSR count). The highest BCUT2D eigenvalue weighted by Gasteiger charge is 2.01. The lowest BCUT2D eigenvalue weighted by molar-refractivity contribution is 0.396. The van der Waals surface area contributed by atoms with Crippen molar-refractivity contribution in [1.82, 2.24) is 9.97 Å². The number of ether oxygens (including phenoxy) is 1. The minimum absolute atomic E-state index is 0.269. The van der Waals surface area contributed by atoms with Crippen LogP contribution in [-0.2, 0) is 0 Å². The summed E-state index contributed by atoms with van der Waals surface area (Å²) in [6.45, 7) is 0. The molecule has 0 aliphatic rings. The summed E-state index contributed by atoms with van der Waals surface area (Å²) in [5, 5.41) is 0. The molecule has 0 saturated carbocycles. The Morgan fingerprint density at radius 2 is 1.87 bits per heavy atom.